The molecule has 2 N–H and O–H groups in total. The fourth-order valence-electron chi connectivity index (χ4n) is 1.38. The Balaban J connectivity index is 2.68. The third kappa shape index (κ3) is 3.68. The lowest BCUT2D eigenvalue weighted by molar-refractivity contribution is -0.157. The first-order valence-electron chi connectivity index (χ1n) is 5.12. The van der Waals surface area contributed by atoms with Crippen LogP contribution in [0.5, 0.6) is 0 Å². The van der Waals surface area contributed by atoms with E-state index in [0.29, 0.717) is 12.3 Å². The maximum absolute atomic E-state index is 11.8. The molecule has 1 aliphatic heterocycles. The summed E-state index contributed by atoms with van der Waals surface area (Å²) >= 11 is 1.33. The number of nitrogens with one attached hydrogen (secondary N) is 1. The zero-order chi connectivity index (χ0) is 12.3. The van der Waals surface area contributed by atoms with Gasteiger partial charge < -0.3 is 15.2 Å². The molecule has 16 heavy (non-hydrogen) atoms. The minimum Gasteiger partial charge on any atom is -0.480 e. The van der Waals surface area contributed by atoms with E-state index in [1.165, 1.54) is 11.8 Å². The molecule has 0 radical (unpaired) electrons. The standard InChI is InChI=1S/C10H17NO4S/c1-10(2,3)15-9(14)7-6(8(12)13)11-4-5-16-7/h6-7,11H,4-5H2,1-3H3,(H,12,13). The smallest absolute Gasteiger partial charge is 0.322 e. The number of aliphatic carboxylic acids is 1. The Bertz CT molecular complexity index is 287. The van der Waals surface area contributed by atoms with Crippen LogP contribution in [0.1, 0.15) is 20.8 Å². The predicted molar refractivity (Wildman–Crippen MR) is 61.5 cm³/mol. The van der Waals surface area contributed by atoms with Gasteiger partial charge in [0.15, 0.2) is 0 Å². The van der Waals surface area contributed by atoms with E-state index in [1.54, 1.807) is 20.8 Å². The molecule has 2 atom stereocenters. The van der Waals surface area contributed by atoms with E-state index in [0.717, 1.165) is 0 Å². The second kappa shape index (κ2) is 5.05. The molecule has 2 unspecified atom stereocenters. The highest BCUT2D eigenvalue weighted by Gasteiger charge is 2.38. The Kier molecular flexibility index (Phi) is 4.21. The van der Waals surface area contributed by atoms with Gasteiger partial charge in [0.1, 0.15) is 16.9 Å². The van der Waals surface area contributed by atoms with Crippen LogP contribution in [0.4, 0.5) is 0 Å². The quantitative estimate of drug-likeness (QED) is 0.692. The van der Waals surface area contributed by atoms with Gasteiger partial charge in [-0.25, -0.2) is 0 Å². The molecule has 1 rings (SSSR count). The number of rotatable bonds is 2. The van der Waals surface area contributed by atoms with E-state index in [2.05, 4.69) is 5.32 Å². The van der Waals surface area contributed by atoms with Gasteiger partial charge in [-0.2, -0.15) is 0 Å². The first-order valence-corrected chi connectivity index (χ1v) is 6.17. The summed E-state index contributed by atoms with van der Waals surface area (Å²) in [6.07, 6.45) is 0. The normalized spacial score (nSPS) is 26.2. The Morgan fingerprint density at radius 2 is 2.06 bits per heavy atom. The monoisotopic (exact) mass is 247 g/mol. The van der Waals surface area contributed by atoms with Crippen LogP contribution in [0.15, 0.2) is 0 Å². The SMILES string of the molecule is CC(C)(C)OC(=O)C1SCCNC1C(=O)O. The van der Waals surface area contributed by atoms with Gasteiger partial charge in [0, 0.05) is 12.3 Å². The molecule has 1 fully saturated rings. The zero-order valence-electron chi connectivity index (χ0n) is 9.65. The Labute approximate surface area is 98.9 Å². The topological polar surface area (TPSA) is 75.6 Å². The maximum atomic E-state index is 11.8. The van der Waals surface area contributed by atoms with Crippen LogP contribution in [0.2, 0.25) is 0 Å². The number of carbonyl (C=O) groups excluding carboxylic acids is 1. The number of hydrogen-bond acceptors (Lipinski definition) is 5. The Morgan fingerprint density at radius 3 is 2.56 bits per heavy atom. The summed E-state index contributed by atoms with van der Waals surface area (Å²) in [7, 11) is 0. The minimum atomic E-state index is -1.01. The molecule has 0 aromatic carbocycles. The van der Waals surface area contributed by atoms with Crippen molar-refractivity contribution >= 4 is 23.7 Å². The van der Waals surface area contributed by atoms with Gasteiger partial charge in [0.2, 0.25) is 0 Å². The van der Waals surface area contributed by atoms with E-state index < -0.39 is 28.8 Å². The van der Waals surface area contributed by atoms with Crippen molar-refractivity contribution in [2.24, 2.45) is 0 Å². The molecule has 0 aromatic rings. The van der Waals surface area contributed by atoms with Crippen LogP contribution in [-0.4, -0.2) is 46.2 Å². The number of carboxylic acid groups (broad SMARTS) is 1. The highest BCUT2D eigenvalue weighted by Crippen LogP contribution is 2.22. The minimum absolute atomic E-state index is 0.461. The molecule has 1 aliphatic rings. The van der Waals surface area contributed by atoms with Crippen LogP contribution in [0.25, 0.3) is 0 Å². The van der Waals surface area contributed by atoms with Gasteiger partial charge in [0.25, 0.3) is 0 Å². The molecule has 1 heterocycles. The summed E-state index contributed by atoms with van der Waals surface area (Å²) < 4.78 is 5.19. The summed E-state index contributed by atoms with van der Waals surface area (Å²) in [5.74, 6) is -0.756. The summed E-state index contributed by atoms with van der Waals surface area (Å²) in [6, 6.07) is -0.853. The number of ether oxygens (including phenoxy) is 1. The summed E-state index contributed by atoms with van der Waals surface area (Å²) in [5.41, 5.74) is -0.585. The number of esters is 1. The molecule has 0 saturated carbocycles. The van der Waals surface area contributed by atoms with Crippen LogP contribution in [0, 0.1) is 0 Å². The predicted octanol–water partition coefficient (Wildman–Crippen LogP) is 0.486. The molecule has 0 spiro atoms. The fraction of sp³-hybridized carbons (Fsp3) is 0.800. The van der Waals surface area contributed by atoms with Crippen molar-refractivity contribution in [2.75, 3.05) is 12.3 Å². The molecule has 92 valence electrons. The average Bonchev–Trinajstić information content (AvgIpc) is 2.15. The largest absolute Gasteiger partial charge is 0.480 e. The molecule has 6 heteroatoms. The van der Waals surface area contributed by atoms with E-state index in [4.69, 9.17) is 9.84 Å². The van der Waals surface area contributed by atoms with Crippen molar-refractivity contribution in [3.63, 3.8) is 0 Å². The maximum Gasteiger partial charge on any atom is 0.322 e. The summed E-state index contributed by atoms with van der Waals surface area (Å²) in [6.45, 7) is 5.89. The van der Waals surface area contributed by atoms with Crippen molar-refractivity contribution in [3.05, 3.63) is 0 Å². The highest BCUT2D eigenvalue weighted by molar-refractivity contribution is 8.00. The lowest BCUT2D eigenvalue weighted by Crippen LogP contribution is -2.53. The highest BCUT2D eigenvalue weighted by atomic mass is 32.2. The van der Waals surface area contributed by atoms with Gasteiger partial charge >= 0.3 is 11.9 Å². The molecule has 1 saturated heterocycles. The van der Waals surface area contributed by atoms with Crippen molar-refractivity contribution in [1.82, 2.24) is 5.32 Å². The molecular weight excluding hydrogens is 230 g/mol. The number of hydrogen-bond donors (Lipinski definition) is 2. The molecule has 0 amide bonds. The average molecular weight is 247 g/mol. The van der Waals surface area contributed by atoms with E-state index in [1.807, 2.05) is 0 Å². The summed E-state index contributed by atoms with van der Waals surface area (Å²) in [4.78, 5) is 22.7. The van der Waals surface area contributed by atoms with Gasteiger partial charge in [-0.05, 0) is 20.8 Å². The van der Waals surface area contributed by atoms with Crippen molar-refractivity contribution in [1.29, 1.82) is 0 Å². The molecule has 0 bridgehead atoms. The fourth-order valence-corrected chi connectivity index (χ4v) is 2.46. The third-order valence-electron chi connectivity index (χ3n) is 1.97. The van der Waals surface area contributed by atoms with E-state index >= 15 is 0 Å². The van der Waals surface area contributed by atoms with E-state index in [-0.39, 0.29) is 0 Å². The molecule has 5 nitrogen and oxygen atoms in total. The number of thioether (sulfide) groups is 1. The zero-order valence-corrected chi connectivity index (χ0v) is 10.5. The molecule has 0 aliphatic carbocycles. The number of carbonyl (C=O) groups is 2. The molecule has 0 aromatic heterocycles. The Morgan fingerprint density at radius 1 is 1.44 bits per heavy atom. The van der Waals surface area contributed by atoms with Crippen LogP contribution < -0.4 is 5.32 Å². The van der Waals surface area contributed by atoms with Crippen molar-refractivity contribution in [2.45, 2.75) is 37.7 Å². The van der Waals surface area contributed by atoms with Crippen molar-refractivity contribution in [3.8, 4) is 0 Å². The van der Waals surface area contributed by atoms with Gasteiger partial charge in [-0.1, -0.05) is 0 Å². The second-order valence-electron chi connectivity index (χ2n) is 4.59. The lowest BCUT2D eigenvalue weighted by atomic mass is 10.1. The van der Waals surface area contributed by atoms with Crippen LogP contribution in [-0.2, 0) is 14.3 Å². The van der Waals surface area contributed by atoms with Crippen LogP contribution in [0.3, 0.4) is 0 Å². The van der Waals surface area contributed by atoms with Gasteiger partial charge in [0.05, 0.1) is 0 Å². The van der Waals surface area contributed by atoms with Gasteiger partial charge in [-0.15, -0.1) is 11.8 Å². The number of carboxylic acids is 1. The first kappa shape index (κ1) is 13.3. The first-order chi connectivity index (χ1) is 7.31. The van der Waals surface area contributed by atoms with Gasteiger partial charge in [-0.3, -0.25) is 9.59 Å². The third-order valence-corrected chi connectivity index (χ3v) is 3.24. The Hall–Kier alpha value is -0.750. The van der Waals surface area contributed by atoms with E-state index in [9.17, 15) is 9.59 Å². The van der Waals surface area contributed by atoms with Crippen LogP contribution >= 0.6 is 11.8 Å². The second-order valence-corrected chi connectivity index (χ2v) is 5.84. The lowest BCUT2D eigenvalue weighted by Gasteiger charge is -2.30. The van der Waals surface area contributed by atoms with Crippen molar-refractivity contribution < 1.29 is 19.4 Å². The molecular formula is C10H17NO4S. The summed E-state index contributed by atoms with van der Waals surface area (Å²) in [5, 5.41) is 11.1.